The van der Waals surface area contributed by atoms with Crippen molar-refractivity contribution in [3.05, 3.63) is 65.2 Å². The molecule has 0 spiro atoms. The van der Waals surface area contributed by atoms with Crippen LogP contribution < -0.4 is 5.32 Å². The Bertz CT molecular complexity index is 909. The third-order valence-electron chi connectivity index (χ3n) is 4.80. The molecule has 1 N–H and O–H groups in total. The summed E-state index contributed by atoms with van der Waals surface area (Å²) in [4.78, 5) is 12.8. The SMILES string of the molecule is Cc1ccc(S(=O)(=O)N2CCCC2)cc1C(=O)NCCSCc1ccccc1. The zero-order valence-electron chi connectivity index (χ0n) is 16.1. The summed E-state index contributed by atoms with van der Waals surface area (Å²) in [6, 6.07) is 15.0. The summed E-state index contributed by atoms with van der Waals surface area (Å²) in [6.07, 6.45) is 1.78. The van der Waals surface area contributed by atoms with Crippen LogP contribution in [0, 0.1) is 6.92 Å². The number of amides is 1. The predicted octanol–water partition coefficient (Wildman–Crippen LogP) is 3.44. The van der Waals surface area contributed by atoms with Crippen molar-refractivity contribution in [2.75, 3.05) is 25.4 Å². The zero-order valence-corrected chi connectivity index (χ0v) is 17.7. The molecule has 0 aliphatic carbocycles. The molecule has 2 aromatic carbocycles. The van der Waals surface area contributed by atoms with Crippen LogP contribution in [0.3, 0.4) is 0 Å². The Morgan fingerprint density at radius 3 is 2.54 bits per heavy atom. The minimum atomic E-state index is -3.52. The fourth-order valence-corrected chi connectivity index (χ4v) is 5.54. The van der Waals surface area contributed by atoms with E-state index in [0.29, 0.717) is 25.2 Å². The monoisotopic (exact) mass is 418 g/mol. The Balaban J connectivity index is 1.57. The van der Waals surface area contributed by atoms with E-state index < -0.39 is 10.0 Å². The van der Waals surface area contributed by atoms with E-state index in [9.17, 15) is 13.2 Å². The molecule has 0 saturated carbocycles. The second kappa shape index (κ2) is 9.58. The summed E-state index contributed by atoms with van der Waals surface area (Å²) in [7, 11) is -3.52. The van der Waals surface area contributed by atoms with Gasteiger partial charge in [0.05, 0.1) is 4.90 Å². The van der Waals surface area contributed by atoms with E-state index >= 15 is 0 Å². The Morgan fingerprint density at radius 1 is 1.11 bits per heavy atom. The van der Waals surface area contributed by atoms with E-state index in [1.165, 1.54) is 15.9 Å². The number of nitrogens with one attached hydrogen (secondary N) is 1. The van der Waals surface area contributed by atoms with Gasteiger partial charge in [-0.15, -0.1) is 0 Å². The van der Waals surface area contributed by atoms with Crippen molar-refractivity contribution < 1.29 is 13.2 Å². The fourth-order valence-electron chi connectivity index (χ4n) is 3.18. The zero-order chi connectivity index (χ0) is 20.0. The summed E-state index contributed by atoms with van der Waals surface area (Å²) in [5.74, 6) is 1.47. The molecule has 0 atom stereocenters. The highest BCUT2D eigenvalue weighted by Crippen LogP contribution is 2.23. The van der Waals surface area contributed by atoms with E-state index in [4.69, 9.17) is 0 Å². The van der Waals surface area contributed by atoms with Crippen molar-refractivity contribution in [1.82, 2.24) is 9.62 Å². The van der Waals surface area contributed by atoms with Gasteiger partial charge >= 0.3 is 0 Å². The van der Waals surface area contributed by atoms with Gasteiger partial charge in [-0.05, 0) is 43.0 Å². The topological polar surface area (TPSA) is 66.5 Å². The number of carbonyl (C=O) groups excluding carboxylic acids is 1. The lowest BCUT2D eigenvalue weighted by atomic mass is 10.1. The minimum Gasteiger partial charge on any atom is -0.351 e. The van der Waals surface area contributed by atoms with Crippen molar-refractivity contribution in [3.8, 4) is 0 Å². The highest BCUT2D eigenvalue weighted by Gasteiger charge is 2.28. The molecule has 1 saturated heterocycles. The summed E-state index contributed by atoms with van der Waals surface area (Å²) in [5, 5.41) is 2.91. The number of aryl methyl sites for hydroxylation is 1. The molecule has 0 radical (unpaired) electrons. The third-order valence-corrected chi connectivity index (χ3v) is 7.72. The quantitative estimate of drug-likeness (QED) is 0.667. The van der Waals surface area contributed by atoms with Gasteiger partial charge < -0.3 is 5.32 Å². The van der Waals surface area contributed by atoms with E-state index in [2.05, 4.69) is 17.4 Å². The number of sulfonamides is 1. The smallest absolute Gasteiger partial charge is 0.251 e. The van der Waals surface area contributed by atoms with Crippen molar-refractivity contribution in [1.29, 1.82) is 0 Å². The normalized spacial score (nSPS) is 14.9. The third kappa shape index (κ3) is 5.16. The Labute approximate surface area is 171 Å². The van der Waals surface area contributed by atoms with E-state index in [1.807, 2.05) is 25.1 Å². The van der Waals surface area contributed by atoms with Crippen molar-refractivity contribution in [2.45, 2.75) is 30.4 Å². The van der Waals surface area contributed by atoms with Crippen LogP contribution >= 0.6 is 11.8 Å². The Morgan fingerprint density at radius 2 is 1.82 bits per heavy atom. The standard InChI is InChI=1S/C21H26N2O3S2/c1-17-9-10-19(28(25,26)23-12-5-6-13-23)15-20(17)21(24)22-11-14-27-16-18-7-3-2-4-8-18/h2-4,7-10,15H,5-6,11-14,16H2,1H3,(H,22,24). The van der Waals surface area contributed by atoms with E-state index in [-0.39, 0.29) is 10.8 Å². The fraction of sp³-hybridized carbons (Fsp3) is 0.381. The van der Waals surface area contributed by atoms with Gasteiger partial charge in [0.15, 0.2) is 0 Å². The molecule has 1 aliphatic heterocycles. The van der Waals surface area contributed by atoms with Crippen LogP contribution in [0.4, 0.5) is 0 Å². The number of hydrogen-bond donors (Lipinski definition) is 1. The predicted molar refractivity (Wildman–Crippen MR) is 114 cm³/mol. The highest BCUT2D eigenvalue weighted by atomic mass is 32.2. The molecule has 3 rings (SSSR count). The molecule has 1 fully saturated rings. The molecule has 2 aromatic rings. The van der Waals surface area contributed by atoms with Crippen LogP contribution in [-0.2, 0) is 15.8 Å². The summed E-state index contributed by atoms with van der Waals surface area (Å²) in [6.45, 7) is 3.47. The van der Waals surface area contributed by atoms with Crippen molar-refractivity contribution in [2.24, 2.45) is 0 Å². The van der Waals surface area contributed by atoms with Crippen LogP contribution in [-0.4, -0.2) is 44.0 Å². The summed E-state index contributed by atoms with van der Waals surface area (Å²) < 4.78 is 27.0. The minimum absolute atomic E-state index is 0.198. The number of hydrogen-bond acceptors (Lipinski definition) is 4. The van der Waals surface area contributed by atoms with Crippen molar-refractivity contribution >= 4 is 27.7 Å². The van der Waals surface area contributed by atoms with Crippen LogP contribution in [0.5, 0.6) is 0 Å². The lowest BCUT2D eigenvalue weighted by Crippen LogP contribution is -2.29. The van der Waals surface area contributed by atoms with Gasteiger partial charge in [-0.2, -0.15) is 16.1 Å². The first kappa shape index (κ1) is 20.9. The molecule has 7 heteroatoms. The van der Waals surface area contributed by atoms with Crippen LogP contribution in [0.15, 0.2) is 53.4 Å². The molecule has 28 heavy (non-hydrogen) atoms. The van der Waals surface area contributed by atoms with Gasteiger partial charge in [0.25, 0.3) is 5.91 Å². The van der Waals surface area contributed by atoms with Crippen LogP contribution in [0.25, 0.3) is 0 Å². The number of thioether (sulfide) groups is 1. The second-order valence-electron chi connectivity index (χ2n) is 6.88. The van der Waals surface area contributed by atoms with E-state index in [1.54, 1.807) is 23.9 Å². The molecule has 1 aliphatic rings. The molecular weight excluding hydrogens is 392 g/mol. The number of rotatable bonds is 8. The largest absolute Gasteiger partial charge is 0.351 e. The van der Waals surface area contributed by atoms with Crippen molar-refractivity contribution in [3.63, 3.8) is 0 Å². The first-order chi connectivity index (χ1) is 13.5. The molecule has 0 bridgehead atoms. The molecular formula is C21H26N2O3S2. The van der Waals surface area contributed by atoms with Gasteiger partial charge in [-0.1, -0.05) is 36.4 Å². The van der Waals surface area contributed by atoms with Gasteiger partial charge in [0, 0.05) is 36.7 Å². The van der Waals surface area contributed by atoms with Gasteiger partial charge in [0.1, 0.15) is 0 Å². The first-order valence-electron chi connectivity index (χ1n) is 9.49. The maximum atomic E-state index is 12.7. The second-order valence-corrected chi connectivity index (χ2v) is 9.93. The average Bonchev–Trinajstić information content (AvgIpc) is 3.24. The van der Waals surface area contributed by atoms with E-state index in [0.717, 1.165) is 29.9 Å². The maximum absolute atomic E-state index is 12.7. The lowest BCUT2D eigenvalue weighted by Gasteiger charge is -2.17. The highest BCUT2D eigenvalue weighted by molar-refractivity contribution is 7.98. The molecule has 1 heterocycles. The number of nitrogens with zero attached hydrogens (tertiary/aromatic N) is 1. The average molecular weight is 419 g/mol. The Hall–Kier alpha value is -1.83. The van der Waals surface area contributed by atoms with Crippen LogP contribution in [0.1, 0.15) is 34.3 Å². The molecule has 5 nitrogen and oxygen atoms in total. The van der Waals surface area contributed by atoms with Gasteiger partial charge in [-0.3, -0.25) is 4.79 Å². The summed E-state index contributed by atoms with van der Waals surface area (Å²) in [5.41, 5.74) is 2.46. The number of benzene rings is 2. The molecule has 1 amide bonds. The maximum Gasteiger partial charge on any atom is 0.251 e. The molecule has 0 aromatic heterocycles. The number of carbonyl (C=O) groups is 1. The van der Waals surface area contributed by atoms with Crippen LogP contribution in [0.2, 0.25) is 0 Å². The van der Waals surface area contributed by atoms with Gasteiger partial charge in [0.2, 0.25) is 10.0 Å². The molecule has 0 unspecified atom stereocenters. The molecule has 150 valence electrons. The Kier molecular flexibility index (Phi) is 7.15. The summed E-state index contributed by atoms with van der Waals surface area (Å²) >= 11 is 1.75. The van der Waals surface area contributed by atoms with Gasteiger partial charge in [-0.25, -0.2) is 8.42 Å². The first-order valence-corrected chi connectivity index (χ1v) is 12.1. The lowest BCUT2D eigenvalue weighted by molar-refractivity contribution is 0.0955.